The van der Waals surface area contributed by atoms with Gasteiger partial charge in [0.1, 0.15) is 0 Å². The van der Waals surface area contributed by atoms with Gasteiger partial charge in [-0.25, -0.2) is 0 Å². The molecule has 0 aliphatic rings. The minimum atomic E-state index is -0.533. The average Bonchev–Trinajstić information content (AvgIpc) is 2.58. The molecule has 0 rings (SSSR count). The molecule has 0 aromatic rings. The molecule has 0 fully saturated rings. The summed E-state index contributed by atoms with van der Waals surface area (Å²) < 4.78 is 5.00. The first-order valence-electron chi connectivity index (χ1n) is 11.3. The Labute approximate surface area is 163 Å². The van der Waals surface area contributed by atoms with E-state index in [4.69, 9.17) is 4.74 Å². The van der Waals surface area contributed by atoms with Crippen LogP contribution in [0.25, 0.3) is 0 Å². The highest BCUT2D eigenvalue weighted by Crippen LogP contribution is 2.19. The number of rotatable bonds is 18. The van der Waals surface area contributed by atoms with Gasteiger partial charge in [-0.3, -0.25) is 4.79 Å². The lowest BCUT2D eigenvalue weighted by Crippen LogP contribution is -2.16. The van der Waals surface area contributed by atoms with E-state index in [1.54, 1.807) is 0 Å². The molecule has 1 N–H and O–H groups in total. The van der Waals surface area contributed by atoms with Gasteiger partial charge in [0.25, 0.3) is 0 Å². The monoisotopic (exact) mass is 370 g/mol. The third kappa shape index (κ3) is 18.2. The maximum absolute atomic E-state index is 11.4. The Kier molecular flexibility index (Phi) is 17.4. The van der Waals surface area contributed by atoms with E-state index in [9.17, 15) is 9.90 Å². The lowest BCUT2D eigenvalue weighted by atomic mass is 9.95. The highest BCUT2D eigenvalue weighted by molar-refractivity contribution is 5.69. The van der Waals surface area contributed by atoms with Crippen molar-refractivity contribution >= 4 is 5.97 Å². The van der Waals surface area contributed by atoms with Gasteiger partial charge in [0, 0.05) is 0 Å². The lowest BCUT2D eigenvalue weighted by molar-refractivity contribution is -0.145. The van der Waals surface area contributed by atoms with E-state index in [2.05, 4.69) is 20.8 Å². The van der Waals surface area contributed by atoms with Crippen LogP contribution in [-0.2, 0) is 9.53 Å². The molecule has 0 saturated heterocycles. The van der Waals surface area contributed by atoms with Crippen LogP contribution in [0.2, 0.25) is 0 Å². The molecular weight excluding hydrogens is 324 g/mol. The summed E-state index contributed by atoms with van der Waals surface area (Å²) in [5.41, 5.74) is 0. The number of ether oxygens (including phenoxy) is 1. The second-order valence-electron chi connectivity index (χ2n) is 8.56. The van der Waals surface area contributed by atoms with E-state index >= 15 is 0 Å². The van der Waals surface area contributed by atoms with Gasteiger partial charge >= 0.3 is 5.97 Å². The maximum Gasteiger partial charge on any atom is 0.308 e. The van der Waals surface area contributed by atoms with Gasteiger partial charge in [-0.1, -0.05) is 98.3 Å². The smallest absolute Gasteiger partial charge is 0.308 e. The summed E-state index contributed by atoms with van der Waals surface area (Å²) in [4.78, 5) is 11.4. The van der Waals surface area contributed by atoms with Gasteiger partial charge in [0.05, 0.1) is 19.1 Å². The molecule has 0 amide bonds. The fraction of sp³-hybridized carbons (Fsp3) is 0.957. The molecule has 2 unspecified atom stereocenters. The van der Waals surface area contributed by atoms with Crippen molar-refractivity contribution in [1.29, 1.82) is 0 Å². The van der Waals surface area contributed by atoms with Crippen LogP contribution >= 0.6 is 0 Å². The number of esters is 1. The summed E-state index contributed by atoms with van der Waals surface area (Å²) in [5.74, 6) is 1.43. The van der Waals surface area contributed by atoms with Crippen LogP contribution in [0.3, 0.4) is 0 Å². The van der Waals surface area contributed by atoms with Gasteiger partial charge in [-0.2, -0.15) is 0 Å². The predicted octanol–water partition coefficient (Wildman–Crippen LogP) is 6.66. The van der Waals surface area contributed by atoms with Crippen molar-refractivity contribution in [3.05, 3.63) is 0 Å². The molecule has 0 heterocycles. The number of carbonyl (C=O) groups is 1. The first kappa shape index (κ1) is 25.4. The first-order chi connectivity index (χ1) is 12.5. The number of aliphatic hydroxyl groups is 1. The molecule has 0 bridgehead atoms. The Balaban J connectivity index is 3.39. The van der Waals surface area contributed by atoms with E-state index in [1.807, 2.05) is 6.92 Å². The fourth-order valence-electron chi connectivity index (χ4n) is 3.34. The number of hydrogen-bond acceptors (Lipinski definition) is 3. The van der Waals surface area contributed by atoms with Crippen molar-refractivity contribution in [2.45, 2.75) is 124 Å². The zero-order valence-electron chi connectivity index (χ0n) is 18.1. The largest absolute Gasteiger partial charge is 0.466 e. The number of unbranched alkanes of at least 4 members (excludes halogenated alkanes) is 6. The van der Waals surface area contributed by atoms with Gasteiger partial charge in [0.2, 0.25) is 0 Å². The second-order valence-corrected chi connectivity index (χ2v) is 8.56. The van der Waals surface area contributed by atoms with E-state index < -0.39 is 6.10 Å². The molecule has 0 saturated carbocycles. The van der Waals surface area contributed by atoms with Crippen LogP contribution in [0.4, 0.5) is 0 Å². The minimum Gasteiger partial charge on any atom is -0.466 e. The van der Waals surface area contributed by atoms with Gasteiger partial charge in [-0.15, -0.1) is 0 Å². The standard InChI is InChI=1S/C23H46O3/c1-5-18-26-23(25)19-22(24)17-13-9-8-12-16-21(4)15-11-7-6-10-14-20(2)3/h20-22,24H,5-19H2,1-4H3. The summed E-state index contributed by atoms with van der Waals surface area (Å²) in [6.45, 7) is 9.44. The van der Waals surface area contributed by atoms with Crippen molar-refractivity contribution in [2.24, 2.45) is 11.8 Å². The summed E-state index contributed by atoms with van der Waals surface area (Å²) in [6, 6.07) is 0. The Morgan fingerprint density at radius 3 is 1.81 bits per heavy atom. The summed E-state index contributed by atoms with van der Waals surface area (Å²) in [6.07, 6.45) is 15.5. The average molecular weight is 371 g/mol. The fourth-order valence-corrected chi connectivity index (χ4v) is 3.34. The Bertz CT molecular complexity index is 315. The molecule has 0 spiro atoms. The van der Waals surface area contributed by atoms with E-state index in [0.29, 0.717) is 13.0 Å². The third-order valence-corrected chi connectivity index (χ3v) is 5.08. The van der Waals surface area contributed by atoms with E-state index in [0.717, 1.165) is 31.1 Å². The Morgan fingerprint density at radius 1 is 0.808 bits per heavy atom. The maximum atomic E-state index is 11.4. The van der Waals surface area contributed by atoms with Gasteiger partial charge in [0.15, 0.2) is 0 Å². The minimum absolute atomic E-state index is 0.147. The van der Waals surface area contributed by atoms with Crippen LogP contribution in [0.1, 0.15) is 118 Å². The van der Waals surface area contributed by atoms with Crippen molar-refractivity contribution in [2.75, 3.05) is 6.61 Å². The van der Waals surface area contributed by atoms with Crippen molar-refractivity contribution in [3.63, 3.8) is 0 Å². The number of carbonyl (C=O) groups excluding carboxylic acids is 1. The molecule has 3 heteroatoms. The summed E-state index contributed by atoms with van der Waals surface area (Å²) in [5, 5.41) is 9.85. The topological polar surface area (TPSA) is 46.5 Å². The Hall–Kier alpha value is -0.570. The quantitative estimate of drug-likeness (QED) is 0.217. The zero-order chi connectivity index (χ0) is 19.6. The highest BCUT2D eigenvalue weighted by atomic mass is 16.5. The van der Waals surface area contributed by atoms with E-state index in [1.165, 1.54) is 57.8 Å². The Morgan fingerprint density at radius 2 is 1.31 bits per heavy atom. The van der Waals surface area contributed by atoms with Gasteiger partial charge in [-0.05, 0) is 24.7 Å². The van der Waals surface area contributed by atoms with Crippen LogP contribution < -0.4 is 0 Å². The highest BCUT2D eigenvalue weighted by Gasteiger charge is 2.11. The van der Waals surface area contributed by atoms with Crippen LogP contribution in [-0.4, -0.2) is 23.8 Å². The molecule has 3 nitrogen and oxygen atoms in total. The van der Waals surface area contributed by atoms with Crippen molar-refractivity contribution in [3.8, 4) is 0 Å². The van der Waals surface area contributed by atoms with Crippen molar-refractivity contribution in [1.82, 2.24) is 0 Å². The molecule has 156 valence electrons. The molecular formula is C23H46O3. The molecule has 0 aliphatic carbocycles. The molecule has 2 atom stereocenters. The number of aliphatic hydroxyl groups excluding tert-OH is 1. The summed E-state index contributed by atoms with van der Waals surface area (Å²) in [7, 11) is 0. The van der Waals surface area contributed by atoms with Crippen LogP contribution in [0.5, 0.6) is 0 Å². The zero-order valence-corrected chi connectivity index (χ0v) is 18.1. The SMILES string of the molecule is CCCOC(=O)CC(O)CCCCCCC(C)CCCCCCC(C)C. The lowest BCUT2D eigenvalue weighted by Gasteiger charge is -2.12. The number of hydrogen-bond donors (Lipinski definition) is 1. The molecule has 0 aromatic carbocycles. The van der Waals surface area contributed by atoms with Gasteiger partial charge < -0.3 is 9.84 Å². The molecule has 0 aromatic heterocycles. The predicted molar refractivity (Wildman–Crippen MR) is 111 cm³/mol. The molecule has 0 radical (unpaired) electrons. The summed E-state index contributed by atoms with van der Waals surface area (Å²) >= 11 is 0. The van der Waals surface area contributed by atoms with Crippen LogP contribution in [0, 0.1) is 11.8 Å². The van der Waals surface area contributed by atoms with Crippen LogP contribution in [0.15, 0.2) is 0 Å². The second kappa shape index (κ2) is 17.8. The molecule has 26 heavy (non-hydrogen) atoms. The normalized spacial score (nSPS) is 13.8. The van der Waals surface area contributed by atoms with E-state index in [-0.39, 0.29) is 12.4 Å². The molecule has 0 aliphatic heterocycles. The first-order valence-corrected chi connectivity index (χ1v) is 11.3. The third-order valence-electron chi connectivity index (χ3n) is 5.08. The van der Waals surface area contributed by atoms with Crippen molar-refractivity contribution < 1.29 is 14.6 Å².